The van der Waals surface area contributed by atoms with Gasteiger partial charge in [-0.15, -0.1) is 0 Å². The summed E-state index contributed by atoms with van der Waals surface area (Å²) in [6.07, 6.45) is 1.36. The van der Waals surface area contributed by atoms with Gasteiger partial charge in [0.05, 0.1) is 15.8 Å². The van der Waals surface area contributed by atoms with Crippen LogP contribution >= 0.6 is 23.4 Å². The van der Waals surface area contributed by atoms with E-state index in [9.17, 15) is 14.0 Å². The molecule has 2 rings (SSSR count). The van der Waals surface area contributed by atoms with Crippen LogP contribution in [-0.2, 0) is 4.79 Å². The van der Waals surface area contributed by atoms with Crippen LogP contribution in [0.2, 0.25) is 5.02 Å². The predicted molar refractivity (Wildman–Crippen MR) is 75.6 cm³/mol. The number of nitrogens with one attached hydrogen (secondary N) is 2. The van der Waals surface area contributed by atoms with Gasteiger partial charge in [-0.25, -0.2) is 14.2 Å². The maximum absolute atomic E-state index is 13.0. The molecule has 0 bridgehead atoms. The Morgan fingerprint density at radius 1 is 1.45 bits per heavy atom. The van der Waals surface area contributed by atoms with Gasteiger partial charge in [0.25, 0.3) is 0 Å². The molecule has 20 heavy (non-hydrogen) atoms. The molecule has 2 N–H and O–H groups in total. The summed E-state index contributed by atoms with van der Waals surface area (Å²) < 4.78 is 13.0. The van der Waals surface area contributed by atoms with Gasteiger partial charge in [0.2, 0.25) is 5.91 Å². The predicted octanol–water partition coefficient (Wildman–Crippen LogP) is 2.29. The molecule has 0 aliphatic heterocycles. The van der Waals surface area contributed by atoms with Crippen molar-refractivity contribution in [1.29, 1.82) is 0 Å². The molecule has 1 heterocycles. The molecule has 2 aromatic rings. The van der Waals surface area contributed by atoms with E-state index in [0.29, 0.717) is 10.7 Å². The van der Waals surface area contributed by atoms with E-state index in [1.807, 2.05) is 0 Å². The second-order valence-electron chi connectivity index (χ2n) is 3.70. The summed E-state index contributed by atoms with van der Waals surface area (Å²) in [5.41, 5.74) is -0.0639. The van der Waals surface area contributed by atoms with Crippen molar-refractivity contribution in [3.05, 3.63) is 51.8 Å². The average Bonchev–Trinajstić information content (AvgIpc) is 2.41. The van der Waals surface area contributed by atoms with E-state index in [1.165, 1.54) is 24.4 Å². The number of benzene rings is 1. The lowest BCUT2D eigenvalue weighted by Crippen LogP contribution is -2.15. The number of anilines is 1. The third-order valence-corrected chi connectivity index (χ3v) is 3.46. The van der Waals surface area contributed by atoms with Crippen molar-refractivity contribution in [2.75, 3.05) is 11.1 Å². The molecule has 5 nitrogen and oxygen atoms in total. The normalized spacial score (nSPS) is 10.3. The minimum atomic E-state index is -0.548. The molecule has 8 heteroatoms. The van der Waals surface area contributed by atoms with Crippen molar-refractivity contribution in [3.63, 3.8) is 0 Å². The summed E-state index contributed by atoms with van der Waals surface area (Å²) in [5.74, 6) is -0.752. The number of aromatic amines is 1. The van der Waals surface area contributed by atoms with Gasteiger partial charge in [-0.3, -0.25) is 4.79 Å². The molecule has 0 fully saturated rings. The highest BCUT2D eigenvalue weighted by atomic mass is 35.5. The molecule has 0 radical (unpaired) electrons. The number of hydrogen-bond acceptors (Lipinski definition) is 4. The number of H-pyrrole nitrogens is 1. The molecule has 0 aliphatic carbocycles. The SMILES string of the molecule is O=C(CSc1ccnc(=O)[nH]1)Nc1ccc(F)c(Cl)c1. The van der Waals surface area contributed by atoms with Crippen LogP contribution in [0.4, 0.5) is 10.1 Å². The standard InChI is InChI=1S/C12H9ClFN3O2S/c13-8-5-7(1-2-9(8)14)16-10(18)6-20-11-3-4-15-12(19)17-11/h1-5H,6H2,(H,16,18)(H,15,17,19). The number of hydrogen-bond donors (Lipinski definition) is 2. The molecule has 0 saturated carbocycles. The van der Waals surface area contributed by atoms with Crippen LogP contribution < -0.4 is 11.0 Å². The van der Waals surface area contributed by atoms with Crippen molar-refractivity contribution in [3.8, 4) is 0 Å². The van der Waals surface area contributed by atoms with Gasteiger partial charge in [-0.2, -0.15) is 0 Å². The number of carbonyl (C=O) groups is 1. The fraction of sp³-hybridized carbons (Fsp3) is 0.0833. The Bertz CT molecular complexity index is 692. The first-order valence-corrected chi connectivity index (χ1v) is 6.84. The van der Waals surface area contributed by atoms with Crippen LogP contribution in [0.15, 0.2) is 40.3 Å². The number of nitrogens with zero attached hydrogens (tertiary/aromatic N) is 1. The zero-order valence-electron chi connectivity index (χ0n) is 10.0. The van der Waals surface area contributed by atoms with Crippen LogP contribution in [-0.4, -0.2) is 21.6 Å². The molecule has 0 saturated heterocycles. The highest BCUT2D eigenvalue weighted by molar-refractivity contribution is 7.99. The Kier molecular flexibility index (Phi) is 4.75. The molecule has 104 valence electrons. The van der Waals surface area contributed by atoms with Crippen molar-refractivity contribution in [2.24, 2.45) is 0 Å². The van der Waals surface area contributed by atoms with Gasteiger partial charge in [0.1, 0.15) is 5.82 Å². The first-order valence-electron chi connectivity index (χ1n) is 5.47. The van der Waals surface area contributed by atoms with Crippen LogP contribution in [0.25, 0.3) is 0 Å². The van der Waals surface area contributed by atoms with E-state index in [4.69, 9.17) is 11.6 Å². The van der Waals surface area contributed by atoms with E-state index in [1.54, 1.807) is 6.07 Å². The maximum atomic E-state index is 13.0. The number of carbonyl (C=O) groups excluding carboxylic acids is 1. The summed E-state index contributed by atoms with van der Waals surface area (Å²) in [6.45, 7) is 0. The lowest BCUT2D eigenvalue weighted by molar-refractivity contribution is -0.113. The van der Waals surface area contributed by atoms with Gasteiger partial charge in [-0.05, 0) is 24.3 Å². The Morgan fingerprint density at radius 2 is 2.25 bits per heavy atom. The maximum Gasteiger partial charge on any atom is 0.345 e. The topological polar surface area (TPSA) is 74.8 Å². The van der Waals surface area contributed by atoms with Gasteiger partial charge >= 0.3 is 5.69 Å². The highest BCUT2D eigenvalue weighted by Gasteiger charge is 2.06. The quantitative estimate of drug-likeness (QED) is 0.671. The molecule has 0 unspecified atom stereocenters. The number of amides is 1. The molecular formula is C12H9ClFN3O2S. The van der Waals surface area contributed by atoms with Gasteiger partial charge in [0.15, 0.2) is 0 Å². The Hall–Kier alpha value is -1.86. The Morgan fingerprint density at radius 3 is 2.95 bits per heavy atom. The molecule has 1 amide bonds. The average molecular weight is 314 g/mol. The van der Waals surface area contributed by atoms with Crippen molar-refractivity contribution < 1.29 is 9.18 Å². The molecule has 0 aliphatic rings. The van der Waals surface area contributed by atoms with E-state index in [0.717, 1.165) is 11.8 Å². The summed E-state index contributed by atoms with van der Waals surface area (Å²) in [5, 5.41) is 3.05. The number of halogens is 2. The van der Waals surface area contributed by atoms with Crippen LogP contribution in [0, 0.1) is 5.82 Å². The fourth-order valence-electron chi connectivity index (χ4n) is 1.35. The van der Waals surface area contributed by atoms with Crippen molar-refractivity contribution in [2.45, 2.75) is 5.03 Å². The third-order valence-electron chi connectivity index (χ3n) is 2.21. The largest absolute Gasteiger partial charge is 0.345 e. The highest BCUT2D eigenvalue weighted by Crippen LogP contribution is 2.20. The zero-order chi connectivity index (χ0) is 14.5. The van der Waals surface area contributed by atoms with E-state index in [-0.39, 0.29) is 16.7 Å². The smallest absolute Gasteiger partial charge is 0.325 e. The minimum absolute atomic E-state index is 0.0612. The lowest BCUT2D eigenvalue weighted by Gasteiger charge is -2.05. The third kappa shape index (κ3) is 4.07. The van der Waals surface area contributed by atoms with Crippen LogP contribution in [0.1, 0.15) is 0 Å². The molecular weight excluding hydrogens is 305 g/mol. The van der Waals surface area contributed by atoms with Crippen LogP contribution in [0.5, 0.6) is 0 Å². The van der Waals surface area contributed by atoms with Gasteiger partial charge in [0, 0.05) is 11.9 Å². The molecule has 0 atom stereocenters. The molecule has 1 aromatic carbocycles. The number of rotatable bonds is 4. The second-order valence-corrected chi connectivity index (χ2v) is 5.13. The molecule has 1 aromatic heterocycles. The number of thioether (sulfide) groups is 1. The van der Waals surface area contributed by atoms with E-state index in [2.05, 4.69) is 15.3 Å². The van der Waals surface area contributed by atoms with Crippen LogP contribution in [0.3, 0.4) is 0 Å². The Labute approximate surface area is 122 Å². The van der Waals surface area contributed by atoms with E-state index >= 15 is 0 Å². The molecule has 0 spiro atoms. The summed E-state index contributed by atoms with van der Waals surface area (Å²) in [6, 6.07) is 5.51. The van der Waals surface area contributed by atoms with Crippen molar-refractivity contribution in [1.82, 2.24) is 9.97 Å². The van der Waals surface area contributed by atoms with Gasteiger partial charge in [-0.1, -0.05) is 23.4 Å². The van der Waals surface area contributed by atoms with Gasteiger partial charge < -0.3 is 10.3 Å². The van der Waals surface area contributed by atoms with E-state index < -0.39 is 11.5 Å². The fourth-order valence-corrected chi connectivity index (χ4v) is 2.21. The Balaban J connectivity index is 1.92. The van der Waals surface area contributed by atoms with Crippen molar-refractivity contribution >= 4 is 35.0 Å². The zero-order valence-corrected chi connectivity index (χ0v) is 11.6. The first-order chi connectivity index (χ1) is 9.54. The minimum Gasteiger partial charge on any atom is -0.325 e. The second kappa shape index (κ2) is 6.53. The summed E-state index contributed by atoms with van der Waals surface area (Å²) in [4.78, 5) is 28.6. The first kappa shape index (κ1) is 14.5. The number of aromatic nitrogens is 2. The monoisotopic (exact) mass is 313 g/mol. The lowest BCUT2D eigenvalue weighted by atomic mass is 10.3. The summed E-state index contributed by atoms with van der Waals surface area (Å²) >= 11 is 6.76. The summed E-state index contributed by atoms with van der Waals surface area (Å²) in [7, 11) is 0.